The molecule has 0 bridgehead atoms. The zero-order valence-corrected chi connectivity index (χ0v) is 14.7. The summed E-state index contributed by atoms with van der Waals surface area (Å²) in [5.41, 5.74) is 1.00. The van der Waals surface area contributed by atoms with E-state index in [4.69, 9.17) is 0 Å². The van der Waals surface area contributed by atoms with Gasteiger partial charge in [-0.25, -0.2) is 9.97 Å². The molecule has 0 aliphatic rings. The van der Waals surface area contributed by atoms with E-state index in [1.165, 1.54) is 12.4 Å². The van der Waals surface area contributed by atoms with Crippen molar-refractivity contribution in [2.45, 2.75) is 13.5 Å². The van der Waals surface area contributed by atoms with Gasteiger partial charge in [-0.1, -0.05) is 27.3 Å². The number of imidazole rings is 1. The zero-order valence-electron chi connectivity index (χ0n) is 12.3. The topological polar surface area (TPSA) is 59.8 Å². The first kappa shape index (κ1) is 16.7. The molecule has 2 aromatic heterocycles. The molecule has 0 saturated carbocycles. The molecule has 0 aliphatic carbocycles. The second kappa shape index (κ2) is 6.78. The normalized spacial score (nSPS) is 11.0. The number of aromatic nitrogens is 3. The van der Waals surface area contributed by atoms with Crippen molar-refractivity contribution in [1.82, 2.24) is 14.5 Å². The third-order valence-electron chi connectivity index (χ3n) is 3.21. The van der Waals surface area contributed by atoms with Gasteiger partial charge in [0.15, 0.2) is 11.0 Å². The van der Waals surface area contributed by atoms with Gasteiger partial charge in [-0.3, -0.25) is 14.7 Å². The lowest BCUT2D eigenvalue weighted by Crippen LogP contribution is -2.11. The Kier molecular flexibility index (Phi) is 4.72. The number of benzene rings is 1. The minimum Gasteiger partial charge on any atom is -0.298 e. The maximum Gasteiger partial charge on any atom is 0.320 e. The van der Waals surface area contributed by atoms with E-state index >= 15 is 0 Å². The quantitative estimate of drug-likeness (QED) is 0.673. The molecule has 1 aromatic carbocycles. The van der Waals surface area contributed by atoms with Gasteiger partial charge >= 0.3 is 6.55 Å². The molecule has 0 unspecified atom stereocenters. The molecule has 0 aliphatic heterocycles. The van der Waals surface area contributed by atoms with Crippen LogP contribution in [0.4, 0.5) is 13.9 Å². The van der Waals surface area contributed by atoms with Crippen LogP contribution in [0, 0.1) is 6.92 Å². The molecule has 0 radical (unpaired) electrons. The average molecular weight is 413 g/mol. The monoisotopic (exact) mass is 412 g/mol. The summed E-state index contributed by atoms with van der Waals surface area (Å²) in [6.07, 6.45) is 2.51. The molecule has 3 aromatic rings. The van der Waals surface area contributed by atoms with Crippen LogP contribution in [-0.2, 0) is 0 Å². The molecular weight excluding hydrogens is 402 g/mol. The summed E-state index contributed by atoms with van der Waals surface area (Å²) in [6.45, 7) is -1.00. The minimum atomic E-state index is -2.69. The third-order valence-corrected chi connectivity index (χ3v) is 4.80. The molecule has 3 rings (SSSR count). The van der Waals surface area contributed by atoms with Crippen LogP contribution in [0.25, 0.3) is 10.7 Å². The summed E-state index contributed by atoms with van der Waals surface area (Å²) >= 11 is 4.41. The Labute approximate surface area is 148 Å². The minimum absolute atomic E-state index is 0.129. The Morgan fingerprint density at radius 3 is 2.71 bits per heavy atom. The number of thiazole rings is 1. The van der Waals surface area contributed by atoms with Crippen LogP contribution in [0.3, 0.4) is 0 Å². The van der Waals surface area contributed by atoms with Crippen molar-refractivity contribution in [1.29, 1.82) is 0 Å². The average Bonchev–Trinajstić information content (AvgIpc) is 3.14. The predicted octanol–water partition coefficient (Wildman–Crippen LogP) is 4.72. The zero-order chi connectivity index (χ0) is 17.3. The molecular formula is C15H11BrF2N4OS. The lowest BCUT2D eigenvalue weighted by Gasteiger charge is -2.04. The van der Waals surface area contributed by atoms with Gasteiger partial charge in [-0.2, -0.15) is 8.78 Å². The van der Waals surface area contributed by atoms with Crippen LogP contribution >= 0.6 is 27.3 Å². The van der Waals surface area contributed by atoms with Gasteiger partial charge in [-0.15, -0.1) is 0 Å². The SMILES string of the molecule is Cc1nc(NC(=O)c2ccc(Br)cc2)sc1-c1nccn1C(F)F. The molecule has 0 fully saturated rings. The smallest absolute Gasteiger partial charge is 0.298 e. The fourth-order valence-electron chi connectivity index (χ4n) is 2.07. The Balaban J connectivity index is 1.85. The number of aryl methyl sites for hydroxylation is 1. The molecule has 24 heavy (non-hydrogen) atoms. The Morgan fingerprint density at radius 1 is 1.33 bits per heavy atom. The summed E-state index contributed by atoms with van der Waals surface area (Å²) in [7, 11) is 0. The number of nitrogens with zero attached hydrogens (tertiary/aromatic N) is 3. The van der Waals surface area contributed by atoms with E-state index in [0.29, 0.717) is 21.3 Å². The number of amides is 1. The van der Waals surface area contributed by atoms with Crippen LogP contribution in [0.15, 0.2) is 41.1 Å². The molecule has 124 valence electrons. The Morgan fingerprint density at radius 2 is 2.04 bits per heavy atom. The maximum atomic E-state index is 13.0. The first-order valence-corrected chi connectivity index (χ1v) is 8.42. The number of hydrogen-bond donors (Lipinski definition) is 1. The molecule has 1 amide bonds. The Hall–Kier alpha value is -2.13. The number of hydrogen-bond acceptors (Lipinski definition) is 4. The van der Waals surface area contributed by atoms with Crippen molar-refractivity contribution in [3.8, 4) is 10.7 Å². The molecule has 9 heteroatoms. The predicted molar refractivity (Wildman–Crippen MR) is 91.4 cm³/mol. The van der Waals surface area contributed by atoms with Crippen LogP contribution in [0.5, 0.6) is 0 Å². The van der Waals surface area contributed by atoms with E-state index in [9.17, 15) is 13.6 Å². The van der Waals surface area contributed by atoms with Gasteiger partial charge in [0, 0.05) is 22.4 Å². The van der Waals surface area contributed by atoms with Crippen molar-refractivity contribution in [3.63, 3.8) is 0 Å². The third kappa shape index (κ3) is 3.36. The van der Waals surface area contributed by atoms with Crippen LogP contribution in [0.1, 0.15) is 22.6 Å². The lowest BCUT2D eigenvalue weighted by atomic mass is 10.2. The van der Waals surface area contributed by atoms with Crippen LogP contribution < -0.4 is 5.32 Å². The van der Waals surface area contributed by atoms with Gasteiger partial charge in [-0.05, 0) is 31.2 Å². The molecule has 0 spiro atoms. The number of rotatable bonds is 4. The highest BCUT2D eigenvalue weighted by atomic mass is 79.9. The van der Waals surface area contributed by atoms with Gasteiger partial charge < -0.3 is 0 Å². The van der Waals surface area contributed by atoms with E-state index in [1.807, 2.05) is 0 Å². The maximum absolute atomic E-state index is 13.0. The number of halogens is 3. The van der Waals surface area contributed by atoms with Crippen LogP contribution in [0.2, 0.25) is 0 Å². The lowest BCUT2D eigenvalue weighted by molar-refractivity contribution is 0.0720. The summed E-state index contributed by atoms with van der Waals surface area (Å²) < 4.78 is 27.6. The number of carbonyl (C=O) groups excluding carboxylic acids is 1. The van der Waals surface area contributed by atoms with E-state index in [2.05, 4.69) is 31.2 Å². The van der Waals surface area contributed by atoms with Gasteiger partial charge in [0.05, 0.1) is 10.6 Å². The number of carbonyl (C=O) groups is 1. The summed E-state index contributed by atoms with van der Waals surface area (Å²) in [5, 5.41) is 3.01. The van der Waals surface area contributed by atoms with Gasteiger partial charge in [0.25, 0.3) is 5.91 Å². The largest absolute Gasteiger partial charge is 0.320 e. The molecule has 5 nitrogen and oxygen atoms in total. The summed E-state index contributed by atoms with van der Waals surface area (Å²) in [5.74, 6) is -0.191. The highest BCUT2D eigenvalue weighted by Gasteiger charge is 2.19. The highest BCUT2D eigenvalue weighted by molar-refractivity contribution is 9.10. The first-order valence-electron chi connectivity index (χ1n) is 6.81. The Bertz CT molecular complexity index is 876. The van der Waals surface area contributed by atoms with E-state index in [0.717, 1.165) is 20.4 Å². The van der Waals surface area contributed by atoms with Crippen LogP contribution in [-0.4, -0.2) is 20.4 Å². The fraction of sp³-hybridized carbons (Fsp3) is 0.133. The second-order valence-corrected chi connectivity index (χ2v) is 6.75. The second-order valence-electron chi connectivity index (χ2n) is 4.83. The van der Waals surface area contributed by atoms with Crippen molar-refractivity contribution < 1.29 is 13.6 Å². The first-order chi connectivity index (χ1) is 11.5. The number of nitrogens with one attached hydrogen (secondary N) is 1. The number of alkyl halides is 2. The van der Waals surface area contributed by atoms with E-state index in [-0.39, 0.29) is 11.7 Å². The summed E-state index contributed by atoms with van der Waals surface area (Å²) in [4.78, 5) is 20.9. The van der Waals surface area contributed by atoms with Gasteiger partial charge in [0.1, 0.15) is 0 Å². The van der Waals surface area contributed by atoms with Crippen molar-refractivity contribution in [3.05, 3.63) is 52.4 Å². The van der Waals surface area contributed by atoms with E-state index in [1.54, 1.807) is 31.2 Å². The van der Waals surface area contributed by atoms with Crippen molar-refractivity contribution >= 4 is 38.3 Å². The molecule has 0 saturated heterocycles. The van der Waals surface area contributed by atoms with Crippen molar-refractivity contribution in [2.24, 2.45) is 0 Å². The molecule has 0 atom stereocenters. The fourth-order valence-corrected chi connectivity index (χ4v) is 3.30. The number of anilines is 1. The van der Waals surface area contributed by atoms with E-state index < -0.39 is 6.55 Å². The molecule has 2 heterocycles. The molecule has 1 N–H and O–H groups in total. The highest BCUT2D eigenvalue weighted by Crippen LogP contribution is 2.33. The van der Waals surface area contributed by atoms with Crippen molar-refractivity contribution in [2.75, 3.05) is 5.32 Å². The summed E-state index contributed by atoms with van der Waals surface area (Å²) in [6, 6.07) is 6.86. The van der Waals surface area contributed by atoms with Gasteiger partial charge in [0.2, 0.25) is 0 Å². The standard InChI is InChI=1S/C15H11BrF2N4OS/c1-8-11(12-19-6-7-22(12)14(17)18)24-15(20-8)21-13(23)9-2-4-10(16)5-3-9/h2-7,14H,1H3,(H,20,21,23).